The Balaban J connectivity index is 1.58. The van der Waals surface area contributed by atoms with Gasteiger partial charge < -0.3 is 9.73 Å². The highest BCUT2D eigenvalue weighted by molar-refractivity contribution is 5.93. The molecule has 3 rings (SSSR count). The van der Waals surface area contributed by atoms with Crippen molar-refractivity contribution in [3.63, 3.8) is 0 Å². The fraction of sp³-hybridized carbons (Fsp3) is 0.444. The van der Waals surface area contributed by atoms with E-state index >= 15 is 0 Å². The van der Waals surface area contributed by atoms with Gasteiger partial charge in [0.25, 0.3) is 5.91 Å². The lowest BCUT2D eigenvalue weighted by Crippen LogP contribution is -2.25. The molecule has 1 heterocycles. The van der Waals surface area contributed by atoms with E-state index in [4.69, 9.17) is 4.42 Å². The summed E-state index contributed by atoms with van der Waals surface area (Å²) in [7, 11) is 0. The number of carbonyl (C=O) groups excluding carboxylic acids is 1. The first kappa shape index (κ1) is 14.8. The zero-order valence-corrected chi connectivity index (χ0v) is 12.6. The van der Waals surface area contributed by atoms with Gasteiger partial charge in [-0.2, -0.15) is 0 Å². The second kappa shape index (κ2) is 6.77. The van der Waals surface area contributed by atoms with Crippen molar-refractivity contribution in [2.75, 3.05) is 6.54 Å². The summed E-state index contributed by atoms with van der Waals surface area (Å²) in [4.78, 5) is 24.1. The highest BCUT2D eigenvalue weighted by Gasteiger charge is 2.15. The van der Waals surface area contributed by atoms with E-state index in [0.29, 0.717) is 17.5 Å². The van der Waals surface area contributed by atoms with E-state index in [1.54, 1.807) is 24.3 Å². The lowest BCUT2D eigenvalue weighted by molar-refractivity contribution is 0.0925. The molecule has 1 fully saturated rings. The number of amides is 1. The Hall–Kier alpha value is -2.10. The molecule has 1 aromatic carbocycles. The molecule has 1 amide bonds. The molecule has 0 atom stereocenters. The van der Waals surface area contributed by atoms with Crippen LogP contribution in [0, 0.1) is 5.92 Å². The van der Waals surface area contributed by atoms with Crippen molar-refractivity contribution in [3.8, 4) is 0 Å². The van der Waals surface area contributed by atoms with Gasteiger partial charge in [-0.1, -0.05) is 37.8 Å². The lowest BCUT2D eigenvalue weighted by Gasteiger charge is -2.09. The SMILES string of the molecule is O=C(NCCCC1CCCC1)c1cc(=O)c2ccccc2o1. The van der Waals surface area contributed by atoms with E-state index in [9.17, 15) is 9.59 Å². The Bertz CT molecular complexity index is 714. The molecule has 1 aliphatic rings. The van der Waals surface area contributed by atoms with Gasteiger partial charge in [0.15, 0.2) is 11.2 Å². The van der Waals surface area contributed by atoms with Crippen molar-refractivity contribution in [1.82, 2.24) is 5.32 Å². The summed E-state index contributed by atoms with van der Waals surface area (Å²) in [6.45, 7) is 0.631. The average Bonchev–Trinajstić information content (AvgIpc) is 3.04. The molecule has 0 saturated heterocycles. The van der Waals surface area contributed by atoms with Crippen LogP contribution in [0.25, 0.3) is 11.0 Å². The zero-order valence-electron chi connectivity index (χ0n) is 12.6. The maximum absolute atomic E-state index is 12.1. The van der Waals surface area contributed by atoms with Crippen LogP contribution in [-0.2, 0) is 0 Å². The largest absolute Gasteiger partial charge is 0.451 e. The minimum atomic E-state index is -0.311. The van der Waals surface area contributed by atoms with Crippen LogP contribution >= 0.6 is 0 Å². The predicted octanol–water partition coefficient (Wildman–Crippen LogP) is 3.49. The number of nitrogens with one attached hydrogen (secondary N) is 1. The van der Waals surface area contributed by atoms with Gasteiger partial charge in [-0.3, -0.25) is 9.59 Å². The average molecular weight is 299 g/mol. The Labute approximate surface area is 129 Å². The molecular weight excluding hydrogens is 278 g/mol. The third-order valence-electron chi connectivity index (χ3n) is 4.41. The number of benzene rings is 1. The van der Waals surface area contributed by atoms with Gasteiger partial charge in [0.1, 0.15) is 5.58 Å². The minimum Gasteiger partial charge on any atom is -0.451 e. The molecule has 1 N–H and O–H groups in total. The van der Waals surface area contributed by atoms with Gasteiger partial charge in [-0.15, -0.1) is 0 Å². The molecule has 0 bridgehead atoms. The van der Waals surface area contributed by atoms with Crippen molar-refractivity contribution in [1.29, 1.82) is 0 Å². The zero-order chi connectivity index (χ0) is 15.4. The van der Waals surface area contributed by atoms with Crippen LogP contribution in [0.2, 0.25) is 0 Å². The second-order valence-electron chi connectivity index (χ2n) is 6.02. The highest BCUT2D eigenvalue weighted by atomic mass is 16.3. The Morgan fingerprint density at radius 3 is 2.82 bits per heavy atom. The third kappa shape index (κ3) is 3.38. The molecule has 1 saturated carbocycles. The molecule has 0 radical (unpaired) electrons. The molecule has 0 spiro atoms. The molecule has 4 heteroatoms. The first-order valence-electron chi connectivity index (χ1n) is 8.05. The van der Waals surface area contributed by atoms with E-state index in [1.165, 1.54) is 38.2 Å². The monoisotopic (exact) mass is 299 g/mol. The number of fused-ring (bicyclic) bond motifs is 1. The Morgan fingerprint density at radius 2 is 2.00 bits per heavy atom. The van der Waals surface area contributed by atoms with Crippen molar-refractivity contribution in [2.45, 2.75) is 38.5 Å². The van der Waals surface area contributed by atoms with Gasteiger partial charge in [-0.25, -0.2) is 0 Å². The quantitative estimate of drug-likeness (QED) is 0.860. The van der Waals surface area contributed by atoms with Crippen LogP contribution in [0.15, 0.2) is 39.5 Å². The number of rotatable bonds is 5. The van der Waals surface area contributed by atoms with Gasteiger partial charge in [-0.05, 0) is 30.9 Å². The van der Waals surface area contributed by atoms with Crippen molar-refractivity contribution < 1.29 is 9.21 Å². The second-order valence-corrected chi connectivity index (χ2v) is 6.02. The van der Waals surface area contributed by atoms with E-state index in [-0.39, 0.29) is 17.1 Å². The first-order valence-corrected chi connectivity index (χ1v) is 8.05. The lowest BCUT2D eigenvalue weighted by atomic mass is 10.0. The molecule has 0 unspecified atom stereocenters. The first-order chi connectivity index (χ1) is 10.7. The molecule has 1 aromatic heterocycles. The summed E-state index contributed by atoms with van der Waals surface area (Å²) >= 11 is 0. The summed E-state index contributed by atoms with van der Waals surface area (Å²) in [5, 5.41) is 3.34. The highest BCUT2D eigenvalue weighted by Crippen LogP contribution is 2.28. The molecular formula is C18H21NO3. The topological polar surface area (TPSA) is 59.3 Å². The van der Waals surface area contributed by atoms with Crippen LogP contribution in [0.4, 0.5) is 0 Å². The van der Waals surface area contributed by atoms with Gasteiger partial charge in [0.2, 0.25) is 0 Å². The Morgan fingerprint density at radius 1 is 1.23 bits per heavy atom. The standard InChI is InChI=1S/C18H21NO3/c20-15-12-17(22-16-10-4-3-9-14(15)16)18(21)19-11-5-8-13-6-1-2-7-13/h3-4,9-10,12-13H,1-2,5-8,11H2,(H,19,21). The molecule has 1 aliphatic carbocycles. The smallest absolute Gasteiger partial charge is 0.287 e. The summed E-state index contributed by atoms with van der Waals surface area (Å²) in [6.07, 6.45) is 7.50. The fourth-order valence-electron chi connectivity index (χ4n) is 3.19. The van der Waals surface area contributed by atoms with E-state index in [1.807, 2.05) is 0 Å². The predicted molar refractivity (Wildman–Crippen MR) is 86.0 cm³/mol. The summed E-state index contributed by atoms with van der Waals surface area (Å²) in [6, 6.07) is 8.24. The van der Waals surface area contributed by atoms with E-state index in [0.717, 1.165) is 12.3 Å². The van der Waals surface area contributed by atoms with Crippen molar-refractivity contribution >= 4 is 16.9 Å². The number of hydrogen-bond acceptors (Lipinski definition) is 3. The number of carbonyl (C=O) groups is 1. The minimum absolute atomic E-state index is 0.0876. The third-order valence-corrected chi connectivity index (χ3v) is 4.41. The summed E-state index contributed by atoms with van der Waals surface area (Å²) in [5.74, 6) is 0.606. The van der Waals surface area contributed by atoms with Gasteiger partial charge in [0, 0.05) is 12.6 Å². The maximum atomic E-state index is 12.1. The van der Waals surface area contributed by atoms with Crippen LogP contribution in [0.3, 0.4) is 0 Å². The summed E-state index contributed by atoms with van der Waals surface area (Å²) in [5.41, 5.74) is 0.268. The Kier molecular flexibility index (Phi) is 4.56. The van der Waals surface area contributed by atoms with E-state index in [2.05, 4.69) is 5.32 Å². The van der Waals surface area contributed by atoms with Crippen molar-refractivity contribution in [3.05, 3.63) is 46.3 Å². The summed E-state index contributed by atoms with van der Waals surface area (Å²) < 4.78 is 5.52. The van der Waals surface area contributed by atoms with Crippen LogP contribution in [0.1, 0.15) is 49.1 Å². The fourth-order valence-corrected chi connectivity index (χ4v) is 3.19. The normalized spacial score (nSPS) is 15.3. The van der Waals surface area contributed by atoms with Gasteiger partial charge in [0.05, 0.1) is 5.39 Å². The molecule has 0 aliphatic heterocycles. The maximum Gasteiger partial charge on any atom is 0.287 e. The van der Waals surface area contributed by atoms with Crippen LogP contribution < -0.4 is 10.7 Å². The van der Waals surface area contributed by atoms with Gasteiger partial charge >= 0.3 is 0 Å². The van der Waals surface area contributed by atoms with Crippen molar-refractivity contribution in [2.24, 2.45) is 5.92 Å². The molecule has 2 aromatic rings. The molecule has 4 nitrogen and oxygen atoms in total. The number of para-hydroxylation sites is 1. The molecule has 22 heavy (non-hydrogen) atoms. The van der Waals surface area contributed by atoms with Crippen LogP contribution in [0.5, 0.6) is 0 Å². The van der Waals surface area contributed by atoms with E-state index < -0.39 is 0 Å². The molecule has 116 valence electrons. The van der Waals surface area contributed by atoms with Crippen LogP contribution in [-0.4, -0.2) is 12.5 Å². The number of hydrogen-bond donors (Lipinski definition) is 1.